The van der Waals surface area contributed by atoms with E-state index in [4.69, 9.17) is 10.5 Å². The number of hydrogen-bond donors (Lipinski definition) is 1. The lowest BCUT2D eigenvalue weighted by Crippen LogP contribution is -2.31. The van der Waals surface area contributed by atoms with Gasteiger partial charge >= 0.3 is 0 Å². The Kier molecular flexibility index (Phi) is 4.63. The van der Waals surface area contributed by atoms with Crippen LogP contribution in [0.5, 0.6) is 5.75 Å². The molecule has 1 amide bonds. The maximum Gasteiger partial charge on any atom is 0.264 e. The van der Waals surface area contributed by atoms with Gasteiger partial charge in [-0.1, -0.05) is 22.0 Å². The van der Waals surface area contributed by atoms with Crippen molar-refractivity contribution in [3.8, 4) is 5.75 Å². The van der Waals surface area contributed by atoms with Crippen molar-refractivity contribution in [2.24, 2.45) is 0 Å². The smallest absolute Gasteiger partial charge is 0.264 e. The zero-order chi connectivity index (χ0) is 14.5. The van der Waals surface area contributed by atoms with E-state index in [1.165, 1.54) is 4.90 Å². The van der Waals surface area contributed by atoms with Crippen molar-refractivity contribution in [1.82, 2.24) is 0 Å². The normalized spacial score (nSPS) is 10.1. The van der Waals surface area contributed by atoms with E-state index in [0.717, 1.165) is 10.2 Å². The fourth-order valence-corrected chi connectivity index (χ4v) is 2.02. The second kappa shape index (κ2) is 6.43. The number of nitrogens with zero attached hydrogens (tertiary/aromatic N) is 1. The number of carbonyl (C=O) groups excluding carboxylic acids is 1. The van der Waals surface area contributed by atoms with E-state index in [9.17, 15) is 4.79 Å². The van der Waals surface area contributed by atoms with Crippen molar-refractivity contribution in [3.63, 3.8) is 0 Å². The van der Waals surface area contributed by atoms with Crippen LogP contribution in [0.15, 0.2) is 53.0 Å². The topological polar surface area (TPSA) is 55.6 Å². The van der Waals surface area contributed by atoms with Crippen LogP contribution in [-0.2, 0) is 4.79 Å². The van der Waals surface area contributed by atoms with Gasteiger partial charge in [-0.25, -0.2) is 0 Å². The first-order valence-electron chi connectivity index (χ1n) is 6.07. The number of ether oxygens (including phenoxy) is 1. The van der Waals surface area contributed by atoms with E-state index in [1.54, 1.807) is 37.4 Å². The average Bonchev–Trinajstić information content (AvgIpc) is 2.45. The van der Waals surface area contributed by atoms with Crippen molar-refractivity contribution in [2.45, 2.75) is 0 Å². The van der Waals surface area contributed by atoms with Crippen LogP contribution in [0.1, 0.15) is 0 Å². The minimum atomic E-state index is -0.130. The second-order valence-corrected chi connectivity index (χ2v) is 5.21. The van der Waals surface area contributed by atoms with E-state index in [-0.39, 0.29) is 12.5 Å². The Morgan fingerprint density at radius 3 is 2.60 bits per heavy atom. The monoisotopic (exact) mass is 334 g/mol. The third-order valence-electron chi connectivity index (χ3n) is 2.81. The minimum absolute atomic E-state index is 0.0165. The van der Waals surface area contributed by atoms with Gasteiger partial charge in [0.25, 0.3) is 5.91 Å². The van der Waals surface area contributed by atoms with Crippen molar-refractivity contribution in [1.29, 1.82) is 0 Å². The molecule has 2 N–H and O–H groups in total. The summed E-state index contributed by atoms with van der Waals surface area (Å²) >= 11 is 3.35. The van der Waals surface area contributed by atoms with E-state index < -0.39 is 0 Å². The maximum atomic E-state index is 12.0. The first-order chi connectivity index (χ1) is 9.56. The van der Waals surface area contributed by atoms with Crippen LogP contribution in [0, 0.1) is 0 Å². The molecule has 20 heavy (non-hydrogen) atoms. The van der Waals surface area contributed by atoms with Gasteiger partial charge in [0, 0.05) is 22.9 Å². The van der Waals surface area contributed by atoms with Crippen LogP contribution >= 0.6 is 15.9 Å². The molecule has 2 aromatic carbocycles. The Morgan fingerprint density at radius 1 is 1.25 bits per heavy atom. The van der Waals surface area contributed by atoms with Crippen LogP contribution < -0.4 is 15.4 Å². The number of anilines is 2. The van der Waals surface area contributed by atoms with Crippen LogP contribution in [0.25, 0.3) is 0 Å². The number of halogens is 1. The molecule has 4 nitrogen and oxygen atoms in total. The molecular weight excluding hydrogens is 320 g/mol. The first kappa shape index (κ1) is 14.4. The van der Waals surface area contributed by atoms with E-state index in [1.807, 2.05) is 18.2 Å². The fraction of sp³-hybridized carbons (Fsp3) is 0.133. The SMILES string of the molecule is CN(C(=O)COc1cccc(Br)c1)c1ccc(N)cc1. The average molecular weight is 335 g/mol. The standard InChI is InChI=1S/C15H15BrN2O2/c1-18(13-7-5-12(17)6-8-13)15(19)10-20-14-4-2-3-11(16)9-14/h2-9H,10,17H2,1H3. The molecule has 0 spiro atoms. The number of amides is 1. The van der Waals surface area contributed by atoms with Crippen molar-refractivity contribution >= 4 is 33.2 Å². The molecule has 0 aliphatic rings. The predicted molar refractivity (Wildman–Crippen MR) is 83.9 cm³/mol. The van der Waals surface area contributed by atoms with Gasteiger partial charge in [0.05, 0.1) is 0 Å². The highest BCUT2D eigenvalue weighted by Crippen LogP contribution is 2.18. The molecule has 0 bridgehead atoms. The molecule has 2 aromatic rings. The number of benzene rings is 2. The van der Waals surface area contributed by atoms with Crippen LogP contribution in [-0.4, -0.2) is 19.6 Å². The van der Waals surface area contributed by atoms with Crippen LogP contribution in [0.3, 0.4) is 0 Å². The van der Waals surface area contributed by atoms with Gasteiger partial charge in [-0.3, -0.25) is 4.79 Å². The van der Waals surface area contributed by atoms with Crippen molar-refractivity contribution in [3.05, 3.63) is 53.0 Å². The molecule has 2 rings (SSSR count). The van der Waals surface area contributed by atoms with E-state index >= 15 is 0 Å². The third kappa shape index (κ3) is 3.74. The van der Waals surface area contributed by atoms with Crippen molar-refractivity contribution < 1.29 is 9.53 Å². The fourth-order valence-electron chi connectivity index (χ4n) is 1.64. The first-order valence-corrected chi connectivity index (χ1v) is 6.86. The number of carbonyl (C=O) groups is 1. The summed E-state index contributed by atoms with van der Waals surface area (Å²) in [5, 5.41) is 0. The number of nitrogens with two attached hydrogens (primary N) is 1. The van der Waals surface area contributed by atoms with Gasteiger partial charge in [0.1, 0.15) is 5.75 Å². The highest BCUT2D eigenvalue weighted by molar-refractivity contribution is 9.10. The lowest BCUT2D eigenvalue weighted by atomic mass is 10.2. The summed E-state index contributed by atoms with van der Waals surface area (Å²) < 4.78 is 6.38. The highest BCUT2D eigenvalue weighted by Gasteiger charge is 2.11. The molecule has 0 fully saturated rings. The Bertz CT molecular complexity index is 599. The molecule has 0 saturated heterocycles. The van der Waals surface area contributed by atoms with Gasteiger partial charge in [-0.05, 0) is 42.5 Å². The quantitative estimate of drug-likeness (QED) is 0.874. The molecule has 5 heteroatoms. The van der Waals surface area contributed by atoms with Gasteiger partial charge in [-0.15, -0.1) is 0 Å². The summed E-state index contributed by atoms with van der Waals surface area (Å²) in [5.41, 5.74) is 7.07. The zero-order valence-electron chi connectivity index (χ0n) is 11.0. The van der Waals surface area contributed by atoms with Gasteiger partial charge < -0.3 is 15.4 Å². The Morgan fingerprint density at radius 2 is 1.95 bits per heavy atom. The molecule has 0 saturated carbocycles. The summed E-state index contributed by atoms with van der Waals surface area (Å²) in [4.78, 5) is 13.6. The van der Waals surface area contributed by atoms with Crippen LogP contribution in [0.2, 0.25) is 0 Å². The molecule has 0 aromatic heterocycles. The Balaban J connectivity index is 1.96. The predicted octanol–water partition coefficient (Wildman–Crippen LogP) is 3.07. The number of nitrogen functional groups attached to an aromatic ring is 1. The van der Waals surface area contributed by atoms with E-state index in [0.29, 0.717) is 11.4 Å². The third-order valence-corrected chi connectivity index (χ3v) is 3.31. The molecule has 0 radical (unpaired) electrons. The van der Waals surface area contributed by atoms with Crippen molar-refractivity contribution in [2.75, 3.05) is 24.3 Å². The van der Waals surface area contributed by atoms with Crippen LogP contribution in [0.4, 0.5) is 11.4 Å². The second-order valence-electron chi connectivity index (χ2n) is 4.29. The highest BCUT2D eigenvalue weighted by atomic mass is 79.9. The van der Waals surface area contributed by atoms with E-state index in [2.05, 4.69) is 15.9 Å². The molecule has 0 aliphatic carbocycles. The summed E-state index contributed by atoms with van der Waals surface area (Å²) in [6, 6.07) is 14.5. The molecule has 0 atom stereocenters. The van der Waals surface area contributed by atoms with Gasteiger partial charge in [0.15, 0.2) is 6.61 Å². The Labute approximate surface area is 126 Å². The Hall–Kier alpha value is -2.01. The molecule has 0 unspecified atom stereocenters. The van der Waals surface area contributed by atoms with Gasteiger partial charge in [-0.2, -0.15) is 0 Å². The van der Waals surface area contributed by atoms with Gasteiger partial charge in [0.2, 0.25) is 0 Å². The molecular formula is C15H15BrN2O2. The summed E-state index contributed by atoms with van der Waals surface area (Å²) in [5.74, 6) is 0.521. The number of rotatable bonds is 4. The molecule has 0 aliphatic heterocycles. The zero-order valence-corrected chi connectivity index (χ0v) is 12.6. The minimum Gasteiger partial charge on any atom is -0.484 e. The summed E-state index contributed by atoms with van der Waals surface area (Å²) in [6.45, 7) is -0.0165. The lowest BCUT2D eigenvalue weighted by Gasteiger charge is -2.17. The summed E-state index contributed by atoms with van der Waals surface area (Å²) in [7, 11) is 1.71. The largest absolute Gasteiger partial charge is 0.484 e. The molecule has 104 valence electrons. The summed E-state index contributed by atoms with van der Waals surface area (Å²) in [6.07, 6.45) is 0. The maximum absolute atomic E-state index is 12.0. The molecule has 0 heterocycles. The number of likely N-dealkylation sites (N-methyl/N-ethyl adjacent to an activating group) is 1. The lowest BCUT2D eigenvalue weighted by molar-refractivity contribution is -0.120. The number of hydrogen-bond acceptors (Lipinski definition) is 3.